The Kier molecular flexibility index (Phi) is 8.67. The third-order valence-electron chi connectivity index (χ3n) is 7.72. The molecule has 1 aromatic heterocycles. The fraction of sp³-hybridized carbons (Fsp3) is 0.679. The summed E-state index contributed by atoms with van der Waals surface area (Å²) in [6.45, 7) is 14.3. The molecule has 4 rings (SSSR count). The monoisotopic (exact) mass is 531 g/mol. The highest BCUT2D eigenvalue weighted by Gasteiger charge is 2.38. The summed E-state index contributed by atoms with van der Waals surface area (Å²) in [6, 6.07) is 0.138. The van der Waals surface area contributed by atoms with Crippen LogP contribution in [0.15, 0.2) is 23.3 Å². The molecule has 6 nitrogen and oxygen atoms in total. The molecule has 1 amide bonds. The molecule has 202 valence electrons. The molecule has 0 bridgehead atoms. The predicted molar refractivity (Wildman–Crippen MR) is 144 cm³/mol. The van der Waals surface area contributed by atoms with Gasteiger partial charge in [-0.25, -0.2) is 8.78 Å². The highest BCUT2D eigenvalue weighted by molar-refractivity contribution is 8.03. The molecular weight excluding hydrogens is 492 g/mol. The van der Waals surface area contributed by atoms with Crippen LogP contribution in [0.2, 0.25) is 0 Å². The first-order valence-electron chi connectivity index (χ1n) is 13.4. The summed E-state index contributed by atoms with van der Waals surface area (Å²) >= 11 is 1.63. The van der Waals surface area contributed by atoms with E-state index in [9.17, 15) is 13.6 Å². The lowest BCUT2D eigenvalue weighted by Crippen LogP contribution is -2.47. The molecule has 3 atom stereocenters. The van der Waals surface area contributed by atoms with Crippen LogP contribution in [0.3, 0.4) is 0 Å². The van der Waals surface area contributed by atoms with Crippen LogP contribution in [0.5, 0.6) is 0 Å². The number of thioether (sulfide) groups is 1. The summed E-state index contributed by atoms with van der Waals surface area (Å²) in [7, 11) is 0. The number of likely N-dealkylation sites (tertiary alicyclic amines) is 1. The second-order valence-corrected chi connectivity index (χ2v) is 12.0. The predicted octanol–water partition coefficient (Wildman–Crippen LogP) is 5.58. The number of hydrogen-bond acceptors (Lipinski definition) is 5. The lowest BCUT2D eigenvalue weighted by Gasteiger charge is -2.38. The molecule has 1 aliphatic carbocycles. The van der Waals surface area contributed by atoms with Crippen molar-refractivity contribution >= 4 is 17.7 Å². The standard InChI is InChI=1S/C28H39F2N5OS/c1-18(2)26-33-32-21(5)35(26)23-10-14-34(20(4)16-23)15-11-24(25-7-6-19(3)17-37-25)31-27(36)22-8-12-28(29,30)13-9-22/h17-18,22-25H,4,8-16H2,1-3,5H3,(H,31,36)/t23?,24-,25?/m0/s1. The maximum absolute atomic E-state index is 13.6. The van der Waals surface area contributed by atoms with E-state index in [2.05, 4.69) is 57.2 Å². The van der Waals surface area contributed by atoms with Crippen molar-refractivity contribution < 1.29 is 13.6 Å². The summed E-state index contributed by atoms with van der Waals surface area (Å²) in [6.07, 6.45) is 2.58. The van der Waals surface area contributed by atoms with Crippen molar-refractivity contribution in [2.45, 2.75) is 102 Å². The number of rotatable bonds is 8. The zero-order chi connectivity index (χ0) is 26.7. The maximum atomic E-state index is 13.6. The Bertz CT molecular complexity index is 1090. The largest absolute Gasteiger partial charge is 0.375 e. The van der Waals surface area contributed by atoms with Gasteiger partial charge in [-0.2, -0.15) is 0 Å². The van der Waals surface area contributed by atoms with Crippen molar-refractivity contribution in [3.05, 3.63) is 34.9 Å². The van der Waals surface area contributed by atoms with Crippen molar-refractivity contribution in [1.82, 2.24) is 25.0 Å². The van der Waals surface area contributed by atoms with Gasteiger partial charge in [-0.1, -0.05) is 32.3 Å². The van der Waals surface area contributed by atoms with Gasteiger partial charge in [0.25, 0.3) is 0 Å². The molecule has 9 heteroatoms. The van der Waals surface area contributed by atoms with Crippen molar-refractivity contribution in [2.24, 2.45) is 5.92 Å². The number of piperidine rings is 1. The second kappa shape index (κ2) is 11.6. The second-order valence-electron chi connectivity index (χ2n) is 11.0. The minimum atomic E-state index is -2.64. The smallest absolute Gasteiger partial charge is 0.248 e. The van der Waals surface area contributed by atoms with E-state index in [-0.39, 0.29) is 48.8 Å². The van der Waals surface area contributed by atoms with Crippen molar-refractivity contribution in [3.8, 4) is 11.8 Å². The molecule has 2 unspecified atom stereocenters. The van der Waals surface area contributed by atoms with Crippen LogP contribution >= 0.6 is 11.8 Å². The Morgan fingerprint density at radius 1 is 1.27 bits per heavy atom. The third-order valence-corrected chi connectivity index (χ3v) is 8.95. The van der Waals surface area contributed by atoms with Crippen LogP contribution in [0.4, 0.5) is 8.78 Å². The van der Waals surface area contributed by atoms with Crippen LogP contribution in [0.25, 0.3) is 0 Å². The number of allylic oxidation sites excluding steroid dienone is 2. The van der Waals surface area contributed by atoms with Crippen molar-refractivity contribution in [3.63, 3.8) is 0 Å². The van der Waals surface area contributed by atoms with Crippen LogP contribution in [-0.2, 0) is 4.79 Å². The maximum Gasteiger partial charge on any atom is 0.248 e. The fourth-order valence-corrected chi connectivity index (χ4v) is 6.43. The minimum Gasteiger partial charge on any atom is -0.375 e. The summed E-state index contributed by atoms with van der Waals surface area (Å²) in [4.78, 5) is 15.4. The lowest BCUT2D eigenvalue weighted by molar-refractivity contribution is -0.129. The average molecular weight is 532 g/mol. The molecule has 2 fully saturated rings. The number of alkyl halides is 2. The highest BCUT2D eigenvalue weighted by Crippen LogP contribution is 2.37. The quantitative estimate of drug-likeness (QED) is 0.444. The van der Waals surface area contributed by atoms with Gasteiger partial charge in [0.2, 0.25) is 11.8 Å². The van der Waals surface area contributed by atoms with Gasteiger partial charge < -0.3 is 14.8 Å². The number of aromatic nitrogens is 3. The normalized spacial score (nSPS) is 24.9. The van der Waals surface area contributed by atoms with Gasteiger partial charge in [0, 0.05) is 61.5 Å². The van der Waals surface area contributed by atoms with Crippen molar-refractivity contribution in [2.75, 3.05) is 13.1 Å². The topological polar surface area (TPSA) is 63.1 Å². The number of nitrogens with one attached hydrogen (secondary N) is 1. The van der Waals surface area contributed by atoms with E-state index in [1.165, 1.54) is 0 Å². The highest BCUT2D eigenvalue weighted by atomic mass is 32.2. The number of hydrogen-bond donors (Lipinski definition) is 1. The average Bonchev–Trinajstić information content (AvgIpc) is 3.24. The van der Waals surface area contributed by atoms with Gasteiger partial charge in [0.15, 0.2) is 0 Å². The summed E-state index contributed by atoms with van der Waals surface area (Å²) in [5, 5.41) is 13.9. The molecule has 3 aliphatic rings. The number of nitrogens with zero attached hydrogens (tertiary/aromatic N) is 4. The van der Waals surface area contributed by atoms with Gasteiger partial charge in [-0.3, -0.25) is 4.79 Å². The Morgan fingerprint density at radius 2 is 2.00 bits per heavy atom. The number of halogens is 2. The van der Waals surface area contributed by atoms with Gasteiger partial charge >= 0.3 is 0 Å². The molecule has 37 heavy (non-hydrogen) atoms. The van der Waals surface area contributed by atoms with Crippen molar-refractivity contribution in [1.29, 1.82) is 0 Å². The molecule has 1 N–H and O–H groups in total. The Morgan fingerprint density at radius 3 is 2.62 bits per heavy atom. The first-order valence-corrected chi connectivity index (χ1v) is 14.3. The van der Waals surface area contributed by atoms with E-state index < -0.39 is 5.92 Å². The molecular formula is C28H39F2N5OS. The summed E-state index contributed by atoms with van der Waals surface area (Å²) < 4.78 is 29.5. The number of carbonyl (C=O) groups excluding carboxylic acids is 1. The number of aryl methyl sites for hydroxylation is 1. The number of amides is 1. The van der Waals surface area contributed by atoms with Crippen LogP contribution < -0.4 is 5.32 Å². The van der Waals surface area contributed by atoms with Gasteiger partial charge in [0.1, 0.15) is 11.6 Å². The van der Waals surface area contributed by atoms with E-state index in [1.54, 1.807) is 11.8 Å². The molecule has 0 aromatic carbocycles. The third kappa shape index (κ3) is 6.76. The zero-order valence-corrected chi connectivity index (χ0v) is 23.2. The Hall–Kier alpha value is -2.34. The number of carbonyl (C=O) groups is 1. The summed E-state index contributed by atoms with van der Waals surface area (Å²) in [5.74, 6) is 5.60. The Balaban J connectivity index is 1.38. The van der Waals surface area contributed by atoms with Gasteiger partial charge in [-0.15, -0.1) is 22.0 Å². The van der Waals surface area contributed by atoms with E-state index in [4.69, 9.17) is 0 Å². The first-order chi connectivity index (χ1) is 17.5. The van der Waals surface area contributed by atoms with Crippen LogP contribution in [-0.4, -0.2) is 55.9 Å². The molecule has 1 saturated carbocycles. The molecule has 2 aliphatic heterocycles. The SMILES string of the molecule is C=C1CC(n2c(C)nnc2C(C)C)CCN1CC[C@H](NC(=O)C1CCC(F)(F)CC1)C1C#CC(C)=CS1. The Labute approximate surface area is 223 Å². The fourth-order valence-electron chi connectivity index (χ4n) is 5.50. The van der Waals surface area contributed by atoms with E-state index in [1.807, 2.05) is 19.3 Å². The lowest BCUT2D eigenvalue weighted by atomic mass is 9.86. The summed E-state index contributed by atoms with van der Waals surface area (Å²) in [5.41, 5.74) is 2.10. The van der Waals surface area contributed by atoms with Gasteiger partial charge in [0.05, 0.1) is 11.3 Å². The van der Waals surface area contributed by atoms with Gasteiger partial charge in [-0.05, 0) is 44.9 Å². The molecule has 1 saturated heterocycles. The van der Waals surface area contributed by atoms with Crippen LogP contribution in [0.1, 0.15) is 89.3 Å². The first kappa shape index (κ1) is 27.7. The molecule has 0 spiro atoms. The molecule has 3 heterocycles. The van der Waals surface area contributed by atoms with E-state index in [0.29, 0.717) is 12.0 Å². The molecule has 0 radical (unpaired) electrons. The van der Waals surface area contributed by atoms with E-state index in [0.717, 1.165) is 55.3 Å². The van der Waals surface area contributed by atoms with E-state index >= 15 is 0 Å². The van der Waals surface area contributed by atoms with Crippen LogP contribution in [0, 0.1) is 24.7 Å². The molecule has 1 aromatic rings. The minimum absolute atomic E-state index is 0.0586. The zero-order valence-electron chi connectivity index (χ0n) is 22.4.